The molecule has 0 spiro atoms. The number of ether oxygens (including phenoxy) is 1. The Morgan fingerprint density at radius 1 is 1.06 bits per heavy atom. The van der Waals surface area contributed by atoms with Crippen LogP contribution in [0.1, 0.15) is 0 Å². The van der Waals surface area contributed by atoms with Crippen molar-refractivity contribution in [2.75, 3.05) is 0 Å². The first-order chi connectivity index (χ1) is 7.65. The van der Waals surface area contributed by atoms with Crippen LogP contribution in [0.5, 0.6) is 11.6 Å². The van der Waals surface area contributed by atoms with Gasteiger partial charge in [-0.15, -0.1) is 0 Å². The second-order valence-electron chi connectivity index (χ2n) is 2.73. The van der Waals surface area contributed by atoms with Crippen LogP contribution in [-0.4, -0.2) is 15.0 Å². The van der Waals surface area contributed by atoms with Crippen LogP contribution in [0.25, 0.3) is 0 Å². The lowest BCUT2D eigenvalue weighted by Crippen LogP contribution is -1.91. The van der Waals surface area contributed by atoms with E-state index < -0.39 is 0 Å². The molecular weight excluding hydrogens is 272 g/mol. The second kappa shape index (κ2) is 4.82. The fourth-order valence-electron chi connectivity index (χ4n) is 0.963. The summed E-state index contributed by atoms with van der Waals surface area (Å²) in [7, 11) is 0. The summed E-state index contributed by atoms with van der Waals surface area (Å²) < 4.78 is 5.36. The lowest BCUT2D eigenvalue weighted by Gasteiger charge is -2.05. The summed E-state index contributed by atoms with van der Waals surface area (Å²) in [5, 5.41) is 0.757. The Morgan fingerprint density at radius 3 is 2.62 bits per heavy atom. The first-order valence-corrected chi connectivity index (χ1v) is 5.25. The van der Waals surface area contributed by atoms with Gasteiger partial charge in [0, 0.05) is 12.3 Å². The first kappa shape index (κ1) is 11.4. The van der Waals surface area contributed by atoms with Crippen molar-refractivity contribution in [3.05, 3.63) is 40.0 Å². The summed E-state index contributed by atoms with van der Waals surface area (Å²) in [6, 6.07) is 1.58. The zero-order valence-corrected chi connectivity index (χ0v) is 9.96. The van der Waals surface area contributed by atoms with Crippen LogP contribution in [0, 0.1) is 0 Å². The van der Waals surface area contributed by atoms with E-state index >= 15 is 0 Å². The van der Waals surface area contributed by atoms with Crippen LogP contribution < -0.4 is 4.74 Å². The number of pyridine rings is 1. The van der Waals surface area contributed by atoms with Gasteiger partial charge in [-0.2, -0.15) is 4.98 Å². The average molecular weight is 277 g/mol. The van der Waals surface area contributed by atoms with E-state index in [4.69, 9.17) is 39.5 Å². The van der Waals surface area contributed by atoms with Gasteiger partial charge in [-0.25, -0.2) is 4.98 Å². The lowest BCUT2D eigenvalue weighted by atomic mass is 10.4. The van der Waals surface area contributed by atoms with Gasteiger partial charge in [-0.1, -0.05) is 23.2 Å². The SMILES string of the molecule is Clc1cncc(Oc2nc(Cl)ncc2Cl)c1. The van der Waals surface area contributed by atoms with Crippen molar-refractivity contribution in [1.82, 2.24) is 15.0 Å². The highest BCUT2D eigenvalue weighted by Gasteiger charge is 2.07. The highest BCUT2D eigenvalue weighted by atomic mass is 35.5. The van der Waals surface area contributed by atoms with E-state index in [-0.39, 0.29) is 16.2 Å². The molecule has 0 aromatic carbocycles. The minimum Gasteiger partial charge on any atom is -0.436 e. The molecule has 2 rings (SSSR count). The molecule has 0 fully saturated rings. The summed E-state index contributed by atoms with van der Waals surface area (Å²) >= 11 is 17.2. The monoisotopic (exact) mass is 275 g/mol. The molecule has 0 aliphatic rings. The van der Waals surface area contributed by atoms with Crippen LogP contribution in [0.4, 0.5) is 0 Å². The molecule has 0 saturated carbocycles. The van der Waals surface area contributed by atoms with Crippen LogP contribution in [0.15, 0.2) is 24.7 Å². The molecule has 0 saturated heterocycles. The lowest BCUT2D eigenvalue weighted by molar-refractivity contribution is 0.460. The molecule has 0 N–H and O–H groups in total. The van der Waals surface area contributed by atoms with Gasteiger partial charge in [0.05, 0.1) is 17.4 Å². The highest BCUT2D eigenvalue weighted by molar-refractivity contribution is 6.32. The van der Waals surface area contributed by atoms with Crippen molar-refractivity contribution >= 4 is 34.8 Å². The van der Waals surface area contributed by atoms with E-state index in [1.165, 1.54) is 18.6 Å². The topological polar surface area (TPSA) is 47.9 Å². The summed E-state index contributed by atoms with van der Waals surface area (Å²) in [5.41, 5.74) is 0. The van der Waals surface area contributed by atoms with Gasteiger partial charge in [0.25, 0.3) is 0 Å². The van der Waals surface area contributed by atoms with E-state index in [0.29, 0.717) is 10.8 Å². The fraction of sp³-hybridized carbons (Fsp3) is 0. The first-order valence-electron chi connectivity index (χ1n) is 4.11. The van der Waals surface area contributed by atoms with Gasteiger partial charge in [-0.05, 0) is 11.6 Å². The summed E-state index contributed by atoms with van der Waals surface area (Å²) in [6.07, 6.45) is 4.32. The van der Waals surface area contributed by atoms with Gasteiger partial charge >= 0.3 is 0 Å². The Kier molecular flexibility index (Phi) is 3.43. The predicted molar refractivity (Wildman–Crippen MR) is 61.4 cm³/mol. The molecule has 2 aromatic heterocycles. The number of aromatic nitrogens is 3. The molecular formula is C9H4Cl3N3O. The molecule has 0 bridgehead atoms. The Balaban J connectivity index is 2.30. The van der Waals surface area contributed by atoms with Crippen molar-refractivity contribution in [1.29, 1.82) is 0 Å². The standard InChI is InChI=1S/C9H4Cl3N3O/c10-5-1-6(3-13-2-5)16-8-7(11)4-14-9(12)15-8/h1-4H. The van der Waals surface area contributed by atoms with Gasteiger partial charge < -0.3 is 4.74 Å². The Hall–Kier alpha value is -1.10. The molecule has 4 nitrogen and oxygen atoms in total. The molecule has 0 radical (unpaired) electrons. The van der Waals surface area contributed by atoms with Gasteiger partial charge in [0.1, 0.15) is 10.8 Å². The van der Waals surface area contributed by atoms with E-state index in [2.05, 4.69) is 15.0 Å². The zero-order valence-electron chi connectivity index (χ0n) is 7.69. The highest BCUT2D eigenvalue weighted by Crippen LogP contribution is 2.27. The van der Waals surface area contributed by atoms with Crippen LogP contribution in [0.2, 0.25) is 15.3 Å². The fourth-order valence-corrected chi connectivity index (χ4v) is 1.38. The average Bonchev–Trinajstić information content (AvgIpc) is 2.24. The van der Waals surface area contributed by atoms with Crippen LogP contribution in [0.3, 0.4) is 0 Å². The minimum absolute atomic E-state index is 0.0504. The van der Waals surface area contributed by atoms with Crippen molar-refractivity contribution in [2.45, 2.75) is 0 Å². The maximum Gasteiger partial charge on any atom is 0.242 e. The summed E-state index contributed by atoms with van der Waals surface area (Å²) in [5.74, 6) is 0.579. The Morgan fingerprint density at radius 2 is 1.88 bits per heavy atom. The molecule has 2 aromatic rings. The molecule has 2 heterocycles. The van der Waals surface area contributed by atoms with Crippen LogP contribution >= 0.6 is 34.8 Å². The molecule has 0 aliphatic carbocycles. The van der Waals surface area contributed by atoms with Gasteiger partial charge in [0.15, 0.2) is 0 Å². The number of nitrogens with zero attached hydrogens (tertiary/aromatic N) is 3. The quantitative estimate of drug-likeness (QED) is 0.786. The van der Waals surface area contributed by atoms with Crippen molar-refractivity contribution in [3.8, 4) is 11.6 Å². The minimum atomic E-state index is 0.0504. The maximum absolute atomic E-state index is 5.82. The number of hydrogen-bond donors (Lipinski definition) is 0. The Labute approximate surface area is 106 Å². The third kappa shape index (κ3) is 2.72. The number of hydrogen-bond acceptors (Lipinski definition) is 4. The maximum atomic E-state index is 5.82. The zero-order chi connectivity index (χ0) is 11.5. The third-order valence-corrected chi connectivity index (χ3v) is 2.22. The predicted octanol–water partition coefficient (Wildman–Crippen LogP) is 3.62. The van der Waals surface area contributed by atoms with Crippen LogP contribution in [-0.2, 0) is 0 Å². The van der Waals surface area contributed by atoms with Gasteiger partial charge in [-0.3, -0.25) is 4.98 Å². The van der Waals surface area contributed by atoms with E-state index in [0.717, 1.165) is 0 Å². The Bertz CT molecular complexity index is 521. The van der Waals surface area contributed by atoms with Crippen molar-refractivity contribution < 1.29 is 4.74 Å². The smallest absolute Gasteiger partial charge is 0.242 e. The van der Waals surface area contributed by atoms with Crippen molar-refractivity contribution in [2.24, 2.45) is 0 Å². The molecule has 0 atom stereocenters. The van der Waals surface area contributed by atoms with E-state index in [1.807, 2.05) is 0 Å². The normalized spacial score (nSPS) is 10.2. The third-order valence-electron chi connectivity index (χ3n) is 1.58. The molecule has 0 aliphatic heterocycles. The molecule has 7 heteroatoms. The number of rotatable bonds is 2. The van der Waals surface area contributed by atoms with E-state index in [9.17, 15) is 0 Å². The summed E-state index contributed by atoms with van der Waals surface area (Å²) in [4.78, 5) is 11.4. The van der Waals surface area contributed by atoms with Crippen molar-refractivity contribution in [3.63, 3.8) is 0 Å². The second-order valence-corrected chi connectivity index (χ2v) is 3.91. The van der Waals surface area contributed by atoms with Gasteiger partial charge in [0.2, 0.25) is 11.2 Å². The molecule has 16 heavy (non-hydrogen) atoms. The molecule has 0 unspecified atom stereocenters. The number of halogens is 3. The molecule has 0 amide bonds. The summed E-state index contributed by atoms with van der Waals surface area (Å²) in [6.45, 7) is 0. The van der Waals surface area contributed by atoms with E-state index in [1.54, 1.807) is 6.07 Å². The molecule has 82 valence electrons. The largest absolute Gasteiger partial charge is 0.436 e.